The lowest BCUT2D eigenvalue weighted by atomic mass is 10.0. The Balaban J connectivity index is 1.43. The van der Waals surface area contributed by atoms with E-state index in [2.05, 4.69) is 17.1 Å². The molecule has 8 heteroatoms. The van der Waals surface area contributed by atoms with E-state index in [0.29, 0.717) is 31.9 Å². The molecule has 0 aromatic heterocycles. The monoisotopic (exact) mass is 487 g/mol. The smallest absolute Gasteiger partial charge is 0.263 e. The highest BCUT2D eigenvalue weighted by Gasteiger charge is 2.33. The normalized spacial score (nSPS) is 19.4. The summed E-state index contributed by atoms with van der Waals surface area (Å²) in [7, 11) is 0. The van der Waals surface area contributed by atoms with Gasteiger partial charge in [-0.1, -0.05) is 25.0 Å². The van der Waals surface area contributed by atoms with E-state index in [1.54, 1.807) is 0 Å². The van der Waals surface area contributed by atoms with Crippen LogP contribution in [0.2, 0.25) is 0 Å². The summed E-state index contributed by atoms with van der Waals surface area (Å²) < 4.78 is 40.5. The molecule has 35 heavy (non-hydrogen) atoms. The quantitative estimate of drug-likeness (QED) is 0.582. The van der Waals surface area contributed by atoms with E-state index in [4.69, 9.17) is 0 Å². The molecule has 188 valence electrons. The number of carbonyl (C=O) groups excluding carboxylic acids is 2. The van der Waals surface area contributed by atoms with Gasteiger partial charge >= 0.3 is 0 Å². The Hall–Kier alpha value is -2.87. The molecule has 1 saturated carbocycles. The molecule has 1 N–H and O–H groups in total. The molecule has 1 unspecified atom stereocenters. The summed E-state index contributed by atoms with van der Waals surface area (Å²) in [6.07, 6.45) is 1.53. The number of anilines is 1. The Morgan fingerprint density at radius 2 is 1.86 bits per heavy atom. The number of benzene rings is 2. The van der Waals surface area contributed by atoms with Crippen LogP contribution in [0.5, 0.6) is 0 Å². The Kier molecular flexibility index (Phi) is 7.79. The maximum atomic E-state index is 14.5. The van der Waals surface area contributed by atoms with Crippen LogP contribution in [0, 0.1) is 18.7 Å². The first-order valence-electron chi connectivity index (χ1n) is 12.2. The predicted molar refractivity (Wildman–Crippen MR) is 129 cm³/mol. The summed E-state index contributed by atoms with van der Waals surface area (Å²) in [5, 5.41) is 2.68. The molecule has 2 aromatic rings. The summed E-state index contributed by atoms with van der Waals surface area (Å²) in [6.45, 7) is 6.38. The van der Waals surface area contributed by atoms with Gasteiger partial charge in [-0.3, -0.25) is 14.5 Å². The van der Waals surface area contributed by atoms with Gasteiger partial charge < -0.3 is 10.2 Å². The predicted octanol–water partition coefficient (Wildman–Crippen LogP) is 5.55. The minimum atomic E-state index is -2.68. The third-order valence-corrected chi connectivity index (χ3v) is 7.22. The van der Waals surface area contributed by atoms with Gasteiger partial charge in [-0.2, -0.15) is 0 Å². The van der Waals surface area contributed by atoms with Gasteiger partial charge in [-0.15, -0.1) is 0 Å². The summed E-state index contributed by atoms with van der Waals surface area (Å²) in [6, 6.07) is 8.03. The van der Waals surface area contributed by atoms with Gasteiger partial charge in [0.15, 0.2) is 0 Å². The average molecular weight is 488 g/mol. The highest BCUT2D eigenvalue weighted by molar-refractivity contribution is 6.04. The third kappa shape index (κ3) is 5.86. The Labute approximate surface area is 204 Å². The first-order valence-corrected chi connectivity index (χ1v) is 12.2. The van der Waals surface area contributed by atoms with E-state index < -0.39 is 18.1 Å². The van der Waals surface area contributed by atoms with Crippen LogP contribution >= 0.6 is 0 Å². The number of halogens is 3. The van der Waals surface area contributed by atoms with E-state index in [1.165, 1.54) is 30.3 Å². The molecular weight excluding hydrogens is 455 g/mol. The first kappa shape index (κ1) is 25.2. The Bertz CT molecular complexity index is 1090. The van der Waals surface area contributed by atoms with Gasteiger partial charge in [-0.05, 0) is 62.1 Å². The van der Waals surface area contributed by atoms with E-state index in [-0.39, 0.29) is 29.0 Å². The molecule has 1 aliphatic carbocycles. The molecule has 4 rings (SSSR count). The second-order valence-corrected chi connectivity index (χ2v) is 9.71. The number of nitrogens with zero attached hydrogens (tertiary/aromatic N) is 2. The lowest BCUT2D eigenvalue weighted by molar-refractivity contribution is -0.140. The fourth-order valence-electron chi connectivity index (χ4n) is 5.19. The van der Waals surface area contributed by atoms with Crippen molar-refractivity contribution in [2.75, 3.05) is 25.0 Å². The number of nitrogens with one attached hydrogen (secondary N) is 1. The summed E-state index contributed by atoms with van der Waals surface area (Å²) in [4.78, 5) is 29.7. The zero-order valence-electron chi connectivity index (χ0n) is 20.2. The number of carbonyl (C=O) groups is 2. The second kappa shape index (κ2) is 10.8. The molecule has 0 bridgehead atoms. The largest absolute Gasteiger partial charge is 0.337 e. The van der Waals surface area contributed by atoms with E-state index >= 15 is 0 Å². The molecule has 2 aliphatic rings. The Morgan fingerprint density at radius 1 is 1.11 bits per heavy atom. The molecule has 2 amide bonds. The van der Waals surface area contributed by atoms with Crippen LogP contribution in [0.1, 0.15) is 66.1 Å². The molecular formula is C27H32F3N3O2. The fraction of sp³-hybridized carbons (Fsp3) is 0.481. The van der Waals surface area contributed by atoms with Crippen LogP contribution in [0.25, 0.3) is 0 Å². The molecule has 0 spiro atoms. The van der Waals surface area contributed by atoms with Gasteiger partial charge in [0.1, 0.15) is 5.82 Å². The van der Waals surface area contributed by atoms with Crippen molar-refractivity contribution in [3.05, 3.63) is 64.5 Å². The first-order chi connectivity index (χ1) is 16.7. The van der Waals surface area contributed by atoms with Crippen molar-refractivity contribution >= 4 is 17.5 Å². The molecule has 2 fully saturated rings. The van der Waals surface area contributed by atoms with Crippen LogP contribution in [0.15, 0.2) is 36.4 Å². The standard InChI is InChI=1S/C27H32F3N3O2/c1-17-15-32(10-11-33(17)27(35)19-6-3-4-7-19)16-22-13-23(28)14-24(18(22)2)31-26(34)21-9-5-8-20(12-21)25(29)30/h5,8-9,12-14,17,19,25H,3-4,6-7,10-11,15-16H2,1-2H3,(H,31,34). The lowest BCUT2D eigenvalue weighted by Gasteiger charge is -2.41. The summed E-state index contributed by atoms with van der Waals surface area (Å²) >= 11 is 0. The fourth-order valence-corrected chi connectivity index (χ4v) is 5.19. The number of hydrogen-bond acceptors (Lipinski definition) is 3. The zero-order valence-corrected chi connectivity index (χ0v) is 20.2. The topological polar surface area (TPSA) is 52.6 Å². The average Bonchev–Trinajstić information content (AvgIpc) is 3.37. The minimum absolute atomic E-state index is 0.0759. The van der Waals surface area contributed by atoms with Gasteiger partial charge in [0.25, 0.3) is 12.3 Å². The summed E-state index contributed by atoms with van der Waals surface area (Å²) in [5.74, 6) is -0.635. The molecule has 1 atom stereocenters. The SMILES string of the molecule is Cc1c(CN2CCN(C(=O)C3CCCC3)C(C)C2)cc(F)cc1NC(=O)c1cccc(C(F)F)c1. The van der Waals surface area contributed by atoms with Gasteiger partial charge in [0.2, 0.25) is 5.91 Å². The number of hydrogen-bond donors (Lipinski definition) is 1. The third-order valence-electron chi connectivity index (χ3n) is 7.22. The van der Waals surface area contributed by atoms with Crippen LogP contribution in [0.3, 0.4) is 0 Å². The maximum absolute atomic E-state index is 14.5. The van der Waals surface area contributed by atoms with Crippen molar-refractivity contribution in [2.45, 2.75) is 58.5 Å². The zero-order chi connectivity index (χ0) is 25.1. The van der Waals surface area contributed by atoms with Crippen molar-refractivity contribution in [3.63, 3.8) is 0 Å². The van der Waals surface area contributed by atoms with E-state index in [9.17, 15) is 22.8 Å². The van der Waals surface area contributed by atoms with Crippen molar-refractivity contribution in [1.29, 1.82) is 0 Å². The van der Waals surface area contributed by atoms with E-state index in [0.717, 1.165) is 42.9 Å². The summed E-state index contributed by atoms with van der Waals surface area (Å²) in [5.41, 5.74) is 1.63. The van der Waals surface area contributed by atoms with Crippen molar-refractivity contribution in [2.24, 2.45) is 5.92 Å². The number of rotatable bonds is 6. The second-order valence-electron chi connectivity index (χ2n) is 9.71. The van der Waals surface area contributed by atoms with Crippen molar-refractivity contribution in [3.8, 4) is 0 Å². The molecule has 1 heterocycles. The molecule has 0 radical (unpaired) electrons. The molecule has 2 aromatic carbocycles. The van der Waals surface area contributed by atoms with Crippen LogP contribution < -0.4 is 5.32 Å². The Morgan fingerprint density at radius 3 is 2.54 bits per heavy atom. The van der Waals surface area contributed by atoms with Crippen LogP contribution in [-0.4, -0.2) is 47.3 Å². The molecule has 1 saturated heterocycles. The molecule has 1 aliphatic heterocycles. The highest BCUT2D eigenvalue weighted by atomic mass is 19.3. The van der Waals surface area contributed by atoms with Crippen molar-refractivity contribution < 1.29 is 22.8 Å². The van der Waals surface area contributed by atoms with E-state index in [1.807, 2.05) is 11.8 Å². The minimum Gasteiger partial charge on any atom is -0.337 e. The highest BCUT2D eigenvalue weighted by Crippen LogP contribution is 2.29. The van der Waals surface area contributed by atoms with Crippen LogP contribution in [0.4, 0.5) is 18.9 Å². The number of piperazine rings is 1. The van der Waals surface area contributed by atoms with Gasteiger partial charge in [0.05, 0.1) is 0 Å². The van der Waals surface area contributed by atoms with Crippen LogP contribution in [-0.2, 0) is 11.3 Å². The maximum Gasteiger partial charge on any atom is 0.263 e. The number of alkyl halides is 2. The molecule has 5 nitrogen and oxygen atoms in total. The van der Waals surface area contributed by atoms with Gasteiger partial charge in [0, 0.05) is 55.0 Å². The lowest BCUT2D eigenvalue weighted by Crippen LogP contribution is -2.54. The van der Waals surface area contributed by atoms with Gasteiger partial charge in [-0.25, -0.2) is 13.2 Å². The number of amides is 2. The van der Waals surface area contributed by atoms with Crippen molar-refractivity contribution in [1.82, 2.24) is 9.80 Å².